The average molecular weight is 371 g/mol. The van der Waals surface area contributed by atoms with Gasteiger partial charge in [-0.2, -0.15) is 0 Å². The molecule has 1 aromatic carbocycles. The first-order valence-electron chi connectivity index (χ1n) is 9.34. The molecule has 0 spiro atoms. The zero-order chi connectivity index (χ0) is 19.0. The van der Waals surface area contributed by atoms with Crippen LogP contribution < -0.4 is 9.47 Å². The summed E-state index contributed by atoms with van der Waals surface area (Å²) in [6.45, 7) is 5.00. The molecule has 0 saturated carbocycles. The molecule has 0 bridgehead atoms. The van der Waals surface area contributed by atoms with E-state index in [4.69, 9.17) is 9.47 Å². The number of aryl methyl sites for hydroxylation is 1. The van der Waals surface area contributed by atoms with Crippen LogP contribution in [0.4, 0.5) is 0 Å². The monoisotopic (exact) mass is 371 g/mol. The number of carbonyl (C=O) groups is 1. The SMILES string of the molecule is CCCn1ccnc1CN1C[C@@H]2c3ccc(OC)cc3OC[C@]2(C(=O)O)C1. The highest BCUT2D eigenvalue weighted by Crippen LogP contribution is 2.50. The summed E-state index contributed by atoms with van der Waals surface area (Å²) in [6, 6.07) is 5.66. The molecule has 27 heavy (non-hydrogen) atoms. The van der Waals surface area contributed by atoms with Crippen LogP contribution in [0.3, 0.4) is 0 Å². The van der Waals surface area contributed by atoms with Gasteiger partial charge in [-0.25, -0.2) is 4.98 Å². The molecule has 1 saturated heterocycles. The standard InChI is InChI=1S/C20H25N3O4/c1-3-7-23-8-6-21-18(23)11-22-10-16-15-5-4-14(26-2)9-17(15)27-13-20(16,12-22)19(24)25/h4-6,8-9,16H,3,7,10-13H2,1-2H3,(H,24,25)/t16-,20-/m1/s1. The number of likely N-dealkylation sites (tertiary alicyclic amines) is 1. The summed E-state index contributed by atoms with van der Waals surface area (Å²) in [5, 5.41) is 10.1. The highest BCUT2D eigenvalue weighted by atomic mass is 16.5. The first-order valence-corrected chi connectivity index (χ1v) is 9.34. The van der Waals surface area contributed by atoms with Crippen molar-refractivity contribution >= 4 is 5.97 Å². The van der Waals surface area contributed by atoms with Crippen molar-refractivity contribution < 1.29 is 19.4 Å². The van der Waals surface area contributed by atoms with E-state index >= 15 is 0 Å². The Morgan fingerprint density at radius 3 is 3.07 bits per heavy atom. The third-order valence-electron chi connectivity index (χ3n) is 5.75. The number of benzene rings is 1. The lowest BCUT2D eigenvalue weighted by Gasteiger charge is -2.36. The van der Waals surface area contributed by atoms with Crippen molar-refractivity contribution in [3.8, 4) is 11.5 Å². The maximum atomic E-state index is 12.3. The molecule has 3 heterocycles. The van der Waals surface area contributed by atoms with Crippen LogP contribution in [-0.2, 0) is 17.9 Å². The molecule has 1 fully saturated rings. The molecule has 0 unspecified atom stereocenters. The Labute approximate surface area is 158 Å². The number of rotatable bonds is 6. The number of aliphatic carboxylic acids is 1. The van der Waals surface area contributed by atoms with E-state index in [0.717, 1.165) is 30.1 Å². The molecular formula is C20H25N3O4. The van der Waals surface area contributed by atoms with Crippen molar-refractivity contribution in [1.29, 1.82) is 0 Å². The second kappa shape index (κ2) is 6.88. The fraction of sp³-hybridized carbons (Fsp3) is 0.500. The normalized spacial score (nSPS) is 24.1. The zero-order valence-electron chi connectivity index (χ0n) is 15.7. The maximum Gasteiger partial charge on any atom is 0.315 e. The van der Waals surface area contributed by atoms with Gasteiger partial charge in [0.1, 0.15) is 29.3 Å². The van der Waals surface area contributed by atoms with E-state index in [-0.39, 0.29) is 12.5 Å². The summed E-state index contributed by atoms with van der Waals surface area (Å²) < 4.78 is 13.3. The van der Waals surface area contributed by atoms with Gasteiger partial charge in [0.05, 0.1) is 13.7 Å². The summed E-state index contributed by atoms with van der Waals surface area (Å²) >= 11 is 0. The number of hydrogen-bond acceptors (Lipinski definition) is 5. The number of nitrogens with zero attached hydrogens (tertiary/aromatic N) is 3. The molecule has 1 N–H and O–H groups in total. The Hall–Kier alpha value is -2.54. The van der Waals surface area contributed by atoms with Gasteiger partial charge >= 0.3 is 5.97 Å². The van der Waals surface area contributed by atoms with Gasteiger partial charge in [0.25, 0.3) is 0 Å². The minimum Gasteiger partial charge on any atom is -0.497 e. The Morgan fingerprint density at radius 2 is 2.33 bits per heavy atom. The lowest BCUT2D eigenvalue weighted by molar-refractivity contribution is -0.151. The van der Waals surface area contributed by atoms with Crippen LogP contribution in [0.2, 0.25) is 0 Å². The summed E-state index contributed by atoms with van der Waals surface area (Å²) in [6.07, 6.45) is 4.83. The van der Waals surface area contributed by atoms with Gasteiger partial charge in [0.15, 0.2) is 0 Å². The zero-order valence-corrected chi connectivity index (χ0v) is 15.7. The minimum atomic E-state index is -0.927. The van der Waals surface area contributed by atoms with Crippen molar-refractivity contribution in [2.24, 2.45) is 5.41 Å². The van der Waals surface area contributed by atoms with Crippen LogP contribution >= 0.6 is 0 Å². The molecule has 2 aromatic rings. The van der Waals surface area contributed by atoms with Gasteiger partial charge in [0, 0.05) is 49.6 Å². The third-order valence-corrected chi connectivity index (χ3v) is 5.75. The topological polar surface area (TPSA) is 76.8 Å². The molecule has 144 valence electrons. The highest BCUT2D eigenvalue weighted by Gasteiger charge is 2.56. The third kappa shape index (κ3) is 2.96. The van der Waals surface area contributed by atoms with E-state index in [1.165, 1.54) is 0 Å². The van der Waals surface area contributed by atoms with Gasteiger partial charge in [-0.15, -0.1) is 0 Å². The quantitative estimate of drug-likeness (QED) is 0.840. The Balaban J connectivity index is 1.63. The van der Waals surface area contributed by atoms with Crippen molar-refractivity contribution in [2.75, 3.05) is 26.8 Å². The van der Waals surface area contributed by atoms with E-state index < -0.39 is 11.4 Å². The second-order valence-electron chi connectivity index (χ2n) is 7.41. The Bertz CT molecular complexity index is 850. The average Bonchev–Trinajstić information content (AvgIpc) is 3.26. The van der Waals surface area contributed by atoms with Crippen molar-refractivity contribution in [2.45, 2.75) is 32.4 Å². The van der Waals surface area contributed by atoms with Crippen molar-refractivity contribution in [3.05, 3.63) is 42.0 Å². The fourth-order valence-electron chi connectivity index (χ4n) is 4.35. The predicted octanol–water partition coefficient (Wildman–Crippen LogP) is 2.36. The minimum absolute atomic E-state index is 0.112. The molecule has 4 rings (SSSR count). The summed E-state index contributed by atoms with van der Waals surface area (Å²) in [5.41, 5.74) is 0.0212. The van der Waals surface area contributed by atoms with Crippen LogP contribution in [0.1, 0.15) is 30.7 Å². The second-order valence-corrected chi connectivity index (χ2v) is 7.41. The van der Waals surface area contributed by atoms with Gasteiger partial charge in [-0.05, 0) is 12.5 Å². The molecule has 0 amide bonds. The maximum absolute atomic E-state index is 12.3. The van der Waals surface area contributed by atoms with Gasteiger partial charge in [-0.3, -0.25) is 9.69 Å². The molecule has 2 aliphatic heterocycles. The van der Waals surface area contributed by atoms with Crippen LogP contribution in [0.15, 0.2) is 30.6 Å². The van der Waals surface area contributed by atoms with E-state index in [1.54, 1.807) is 7.11 Å². The van der Waals surface area contributed by atoms with Crippen LogP contribution in [0.5, 0.6) is 11.5 Å². The van der Waals surface area contributed by atoms with Crippen molar-refractivity contribution in [3.63, 3.8) is 0 Å². The van der Waals surface area contributed by atoms with Gasteiger partial charge < -0.3 is 19.1 Å². The number of aromatic nitrogens is 2. The molecule has 7 nitrogen and oxygen atoms in total. The number of imidazole rings is 1. The van der Waals surface area contributed by atoms with Crippen LogP contribution in [-0.4, -0.2) is 52.3 Å². The predicted molar refractivity (Wildman–Crippen MR) is 99.1 cm³/mol. The van der Waals surface area contributed by atoms with E-state index in [0.29, 0.717) is 25.4 Å². The molecule has 0 aliphatic carbocycles. The number of hydrogen-bond donors (Lipinski definition) is 1. The number of ether oxygens (including phenoxy) is 2. The molecule has 2 atom stereocenters. The number of fused-ring (bicyclic) bond motifs is 3. The van der Waals surface area contributed by atoms with E-state index in [2.05, 4.69) is 21.4 Å². The smallest absolute Gasteiger partial charge is 0.315 e. The highest BCUT2D eigenvalue weighted by molar-refractivity contribution is 5.78. The van der Waals surface area contributed by atoms with E-state index in [1.807, 2.05) is 30.6 Å². The summed E-state index contributed by atoms with van der Waals surface area (Å²) in [4.78, 5) is 18.9. The molecule has 0 radical (unpaired) electrons. The molecule has 7 heteroatoms. The largest absolute Gasteiger partial charge is 0.497 e. The lowest BCUT2D eigenvalue weighted by Crippen LogP contribution is -2.45. The first kappa shape index (κ1) is 17.9. The van der Waals surface area contributed by atoms with Crippen molar-refractivity contribution in [1.82, 2.24) is 14.5 Å². The Kier molecular flexibility index (Phi) is 4.55. The number of carboxylic acid groups (broad SMARTS) is 1. The number of methoxy groups -OCH3 is 1. The fourth-order valence-corrected chi connectivity index (χ4v) is 4.35. The first-order chi connectivity index (χ1) is 13.1. The molecule has 2 aliphatic rings. The van der Waals surface area contributed by atoms with E-state index in [9.17, 15) is 9.90 Å². The van der Waals surface area contributed by atoms with Crippen LogP contribution in [0, 0.1) is 5.41 Å². The number of carboxylic acids is 1. The van der Waals surface area contributed by atoms with Crippen LogP contribution in [0.25, 0.3) is 0 Å². The molecular weight excluding hydrogens is 346 g/mol. The van der Waals surface area contributed by atoms with Gasteiger partial charge in [0.2, 0.25) is 0 Å². The molecule has 1 aromatic heterocycles. The summed E-state index contributed by atoms with van der Waals surface area (Å²) in [7, 11) is 1.61. The Morgan fingerprint density at radius 1 is 1.48 bits per heavy atom. The van der Waals surface area contributed by atoms with Gasteiger partial charge in [-0.1, -0.05) is 13.0 Å². The summed E-state index contributed by atoms with van der Waals surface area (Å²) in [5.74, 6) is 1.51. The lowest BCUT2D eigenvalue weighted by atomic mass is 9.73.